The number of aromatic nitrogens is 6. The minimum absolute atomic E-state index is 0. The molecule has 6 N–H and O–H groups in total. The number of anilines is 2. The predicted octanol–water partition coefficient (Wildman–Crippen LogP) is -6.96. The third-order valence-corrected chi connectivity index (χ3v) is 5.68. The Balaban J connectivity index is 0.000000361. The van der Waals surface area contributed by atoms with Crippen molar-refractivity contribution in [2.45, 2.75) is 23.4 Å². The quantitative estimate of drug-likeness (QED) is 0.0652. The Bertz CT molecular complexity index is 1400. The number of hydrogen-bond donors (Lipinski definition) is 4. The fourth-order valence-electron chi connectivity index (χ4n) is 2.72. The third-order valence-electron chi connectivity index (χ3n) is 4.41. The molecule has 2 heterocycles. The van der Waals surface area contributed by atoms with Crippen molar-refractivity contribution in [2.24, 2.45) is 11.7 Å². The summed E-state index contributed by atoms with van der Waals surface area (Å²) in [7, 11) is -9.21. The average molecular weight is 583 g/mol. The molecule has 0 aliphatic carbocycles. The predicted molar refractivity (Wildman–Crippen MR) is 123 cm³/mol. The molecule has 2 aromatic heterocycles. The molecule has 0 atom stereocenters. The molecule has 0 bridgehead atoms. The van der Waals surface area contributed by atoms with E-state index in [1.807, 2.05) is 0 Å². The molecule has 0 amide bonds. The van der Waals surface area contributed by atoms with Gasteiger partial charge in [-0.05, 0) is 35.4 Å². The van der Waals surface area contributed by atoms with Crippen molar-refractivity contribution < 1.29 is 85.1 Å². The number of nitrogen functional groups attached to an aromatic ring is 2. The van der Waals surface area contributed by atoms with Crippen LogP contribution in [0.2, 0.25) is 0 Å². The molecular formula is C18H20N10Na2O6S2. The minimum Gasteiger partial charge on any atom is -0.742 e. The van der Waals surface area contributed by atoms with E-state index in [2.05, 4.69) is 31.0 Å². The van der Waals surface area contributed by atoms with Crippen LogP contribution in [0, 0.1) is 0 Å². The monoisotopic (exact) mass is 582 g/mol. The number of benzene rings is 2. The summed E-state index contributed by atoms with van der Waals surface area (Å²) in [5, 5.41) is 5.73. The third kappa shape index (κ3) is 10.3. The van der Waals surface area contributed by atoms with Gasteiger partial charge in [0.1, 0.15) is 12.7 Å². The summed E-state index contributed by atoms with van der Waals surface area (Å²) >= 11 is 0. The maximum atomic E-state index is 10.7. The first-order valence-electron chi connectivity index (χ1n) is 9.80. The van der Waals surface area contributed by atoms with Crippen molar-refractivity contribution in [3.63, 3.8) is 0 Å². The second-order valence-corrected chi connectivity index (χ2v) is 9.59. The Kier molecular flexibility index (Phi) is 13.5. The van der Waals surface area contributed by atoms with Crippen molar-refractivity contribution in [3.05, 3.63) is 72.3 Å². The second-order valence-electron chi connectivity index (χ2n) is 7.04. The molecule has 4 aromatic rings. The van der Waals surface area contributed by atoms with Gasteiger partial charge in [0.05, 0.1) is 13.1 Å². The second kappa shape index (κ2) is 15.0. The Hall–Kier alpha value is -1.94. The summed E-state index contributed by atoms with van der Waals surface area (Å²) in [6.45, 7) is 0.626. The summed E-state index contributed by atoms with van der Waals surface area (Å²) < 4.78 is 66.5. The molecular weight excluding hydrogens is 562 g/mol. The van der Waals surface area contributed by atoms with E-state index < -0.39 is 30.5 Å². The van der Waals surface area contributed by atoms with Crippen molar-refractivity contribution in [1.29, 1.82) is 0 Å². The molecule has 20 heteroatoms. The first-order chi connectivity index (χ1) is 17.0. The van der Waals surface area contributed by atoms with E-state index in [1.165, 1.54) is 22.0 Å². The summed E-state index contributed by atoms with van der Waals surface area (Å²) in [6, 6.07) is 14.2. The Morgan fingerprint density at radius 1 is 0.658 bits per heavy atom. The largest absolute Gasteiger partial charge is 1.00 e. The van der Waals surface area contributed by atoms with E-state index in [4.69, 9.17) is 11.7 Å². The van der Waals surface area contributed by atoms with E-state index in [0.717, 1.165) is 22.5 Å². The number of nitrogens with one attached hydrogen (secondary N) is 2. The number of hydrogen-bond acceptors (Lipinski definition) is 14. The van der Waals surface area contributed by atoms with Crippen molar-refractivity contribution in [3.8, 4) is 0 Å². The van der Waals surface area contributed by atoms with Gasteiger partial charge >= 0.3 is 59.1 Å². The van der Waals surface area contributed by atoms with Crippen molar-refractivity contribution in [2.75, 3.05) is 10.9 Å². The molecule has 0 radical (unpaired) electrons. The molecule has 16 nitrogen and oxygen atoms in total. The summed E-state index contributed by atoms with van der Waals surface area (Å²) in [4.78, 5) is 6.87. The fourth-order valence-corrected chi connectivity index (χ4v) is 3.49. The van der Waals surface area contributed by atoms with Crippen LogP contribution in [0.25, 0.3) is 0 Å². The summed E-state index contributed by atoms with van der Waals surface area (Å²) in [5.74, 6) is 10.4. The SMILES string of the molecule is NNc1ccc(Cn2cnc(S(=O)(=O)[O-])n2)cc1.NNc1ccc(Cn2cnc(S(=O)(=O)[O-])n2)cc1.[Na+].[Na+]. The maximum absolute atomic E-state index is 10.7. The molecule has 2 aromatic carbocycles. The molecule has 0 aliphatic heterocycles. The van der Waals surface area contributed by atoms with Crippen LogP contribution in [0.3, 0.4) is 0 Å². The zero-order valence-corrected chi connectivity index (χ0v) is 25.9. The Morgan fingerprint density at radius 3 is 1.21 bits per heavy atom. The van der Waals surface area contributed by atoms with Crippen LogP contribution in [-0.4, -0.2) is 55.5 Å². The maximum Gasteiger partial charge on any atom is 1.00 e. The van der Waals surface area contributed by atoms with Crippen LogP contribution in [0.15, 0.2) is 71.5 Å². The number of nitrogens with zero attached hydrogens (tertiary/aromatic N) is 6. The summed E-state index contributed by atoms with van der Waals surface area (Å²) in [6.07, 6.45) is 2.39. The van der Waals surface area contributed by atoms with Crippen LogP contribution in [0.1, 0.15) is 11.1 Å². The molecule has 0 saturated heterocycles. The van der Waals surface area contributed by atoms with Gasteiger partial charge in [0.2, 0.25) is 0 Å². The van der Waals surface area contributed by atoms with Gasteiger partial charge in [-0.2, -0.15) is 0 Å². The number of rotatable bonds is 8. The van der Waals surface area contributed by atoms with Crippen LogP contribution < -0.4 is 81.7 Å². The van der Waals surface area contributed by atoms with Gasteiger partial charge in [0.15, 0.2) is 20.2 Å². The van der Waals surface area contributed by atoms with Gasteiger partial charge < -0.3 is 20.0 Å². The van der Waals surface area contributed by atoms with Gasteiger partial charge in [-0.3, -0.25) is 11.7 Å². The molecule has 0 unspecified atom stereocenters. The molecule has 38 heavy (non-hydrogen) atoms. The zero-order chi connectivity index (χ0) is 26.3. The standard InChI is InChI=1S/2C9H11N5O3S.2Na/c2*10-12-8-3-1-7(2-4-8)5-14-6-11-9(13-14)18(15,16)17;;/h2*1-4,6,12H,5,10H2,(H,15,16,17);;/q;;2*+1/p-2. The smallest absolute Gasteiger partial charge is 0.742 e. The molecule has 0 aliphatic rings. The van der Waals surface area contributed by atoms with Crippen molar-refractivity contribution >= 4 is 31.6 Å². The van der Waals surface area contributed by atoms with E-state index in [0.29, 0.717) is 13.1 Å². The van der Waals surface area contributed by atoms with Crippen LogP contribution in [0.5, 0.6) is 0 Å². The summed E-state index contributed by atoms with van der Waals surface area (Å²) in [5.41, 5.74) is 8.21. The van der Waals surface area contributed by atoms with E-state index in [-0.39, 0.29) is 59.1 Å². The van der Waals surface area contributed by atoms with Gasteiger partial charge in [0.25, 0.3) is 10.3 Å². The topological polar surface area (TPSA) is 252 Å². The van der Waals surface area contributed by atoms with Gasteiger partial charge in [-0.1, -0.05) is 24.3 Å². The van der Waals surface area contributed by atoms with Crippen LogP contribution >= 0.6 is 0 Å². The van der Waals surface area contributed by atoms with Crippen LogP contribution in [-0.2, 0) is 33.3 Å². The first-order valence-corrected chi connectivity index (χ1v) is 12.6. The Labute approximate surface area is 262 Å². The first kappa shape index (κ1) is 34.1. The minimum atomic E-state index is -4.60. The normalized spacial score (nSPS) is 10.8. The molecule has 0 spiro atoms. The molecule has 0 fully saturated rings. The Morgan fingerprint density at radius 2 is 0.974 bits per heavy atom. The fraction of sp³-hybridized carbons (Fsp3) is 0.111. The molecule has 0 saturated carbocycles. The number of nitrogens with two attached hydrogens (primary N) is 2. The van der Waals surface area contributed by atoms with Gasteiger partial charge in [-0.15, -0.1) is 10.2 Å². The number of hydrazine groups is 2. The zero-order valence-electron chi connectivity index (χ0n) is 20.3. The van der Waals surface area contributed by atoms with E-state index >= 15 is 0 Å². The van der Waals surface area contributed by atoms with Gasteiger partial charge in [0, 0.05) is 11.4 Å². The average Bonchev–Trinajstić information content (AvgIpc) is 3.50. The van der Waals surface area contributed by atoms with Crippen molar-refractivity contribution in [1.82, 2.24) is 29.5 Å². The van der Waals surface area contributed by atoms with E-state index in [9.17, 15) is 25.9 Å². The van der Waals surface area contributed by atoms with Gasteiger partial charge in [-0.25, -0.2) is 36.2 Å². The molecule has 4 rings (SSSR count). The van der Waals surface area contributed by atoms with E-state index in [1.54, 1.807) is 48.5 Å². The van der Waals surface area contributed by atoms with Crippen LogP contribution in [0.4, 0.5) is 11.4 Å². The molecule has 192 valence electrons.